The second-order valence-electron chi connectivity index (χ2n) is 4.87. The van der Waals surface area contributed by atoms with Crippen LogP contribution in [0, 0.1) is 0 Å². The summed E-state index contributed by atoms with van der Waals surface area (Å²) in [7, 11) is 2.58. The zero-order chi connectivity index (χ0) is 18.1. The molecule has 0 spiro atoms. The first-order chi connectivity index (χ1) is 12.2. The molecule has 2 aromatic rings. The van der Waals surface area contributed by atoms with Crippen LogP contribution in [0.4, 0.5) is 0 Å². The Morgan fingerprint density at radius 3 is 2.32 bits per heavy atom. The Bertz CT molecular complexity index is 752. The van der Waals surface area contributed by atoms with Crippen molar-refractivity contribution in [1.82, 2.24) is 0 Å². The first-order valence-corrected chi connectivity index (χ1v) is 7.45. The number of ether oxygens (including phenoxy) is 4. The maximum Gasteiger partial charge on any atom is 0.377 e. The smallest absolute Gasteiger partial charge is 0.377 e. The van der Waals surface area contributed by atoms with Crippen LogP contribution in [-0.4, -0.2) is 26.2 Å². The molecular formula is C19H18O6. The third-order valence-electron chi connectivity index (χ3n) is 3.15. The first-order valence-electron chi connectivity index (χ1n) is 7.45. The highest BCUT2D eigenvalue weighted by molar-refractivity contribution is 5.93. The average Bonchev–Trinajstić information content (AvgIpc) is 2.66. The summed E-state index contributed by atoms with van der Waals surface area (Å²) >= 11 is 0. The first kappa shape index (κ1) is 18.1. The number of methoxy groups -OCH3 is 2. The van der Waals surface area contributed by atoms with E-state index < -0.39 is 11.9 Å². The fourth-order valence-electron chi connectivity index (χ4n) is 1.97. The van der Waals surface area contributed by atoms with Crippen molar-refractivity contribution in [2.24, 2.45) is 0 Å². The standard InChI is InChI=1S/C19H18O6/c1-22-13-17(19(21)23-2)25-16-11-7-6-10-15(16)18(20)24-12-14-8-4-3-5-9-14/h3-11,13H,12H2,1-2H3. The number of para-hydroxylation sites is 1. The molecule has 0 N–H and O–H groups in total. The molecule has 0 saturated carbocycles. The number of carbonyl (C=O) groups is 2. The fourth-order valence-corrected chi connectivity index (χ4v) is 1.97. The molecule has 0 bridgehead atoms. The van der Waals surface area contributed by atoms with Crippen LogP contribution >= 0.6 is 0 Å². The van der Waals surface area contributed by atoms with Crippen molar-refractivity contribution in [2.45, 2.75) is 6.61 Å². The Morgan fingerprint density at radius 1 is 0.960 bits per heavy atom. The van der Waals surface area contributed by atoms with Gasteiger partial charge in [-0.15, -0.1) is 0 Å². The molecular weight excluding hydrogens is 324 g/mol. The molecule has 0 aliphatic rings. The predicted molar refractivity (Wildman–Crippen MR) is 89.7 cm³/mol. The fraction of sp³-hybridized carbons (Fsp3) is 0.158. The molecule has 0 aliphatic heterocycles. The molecule has 2 rings (SSSR count). The van der Waals surface area contributed by atoms with E-state index in [1.54, 1.807) is 24.3 Å². The van der Waals surface area contributed by atoms with Crippen molar-refractivity contribution in [3.63, 3.8) is 0 Å². The largest absolute Gasteiger partial charge is 0.500 e. The molecule has 0 fully saturated rings. The number of hydrogen-bond acceptors (Lipinski definition) is 6. The minimum Gasteiger partial charge on any atom is -0.500 e. The molecule has 0 radical (unpaired) electrons. The summed E-state index contributed by atoms with van der Waals surface area (Å²) in [4.78, 5) is 24.0. The van der Waals surface area contributed by atoms with Crippen molar-refractivity contribution in [2.75, 3.05) is 14.2 Å². The van der Waals surface area contributed by atoms with E-state index in [1.165, 1.54) is 14.2 Å². The van der Waals surface area contributed by atoms with Crippen LogP contribution in [0.5, 0.6) is 5.75 Å². The summed E-state index contributed by atoms with van der Waals surface area (Å²) in [5.74, 6) is -1.32. The van der Waals surface area contributed by atoms with E-state index in [1.807, 2.05) is 30.3 Å². The average molecular weight is 342 g/mol. The molecule has 0 amide bonds. The van der Waals surface area contributed by atoms with Gasteiger partial charge in [0.15, 0.2) is 0 Å². The number of rotatable bonds is 7. The summed E-state index contributed by atoms with van der Waals surface area (Å²) in [6.45, 7) is 0.131. The molecule has 0 heterocycles. The normalized spacial score (nSPS) is 10.7. The van der Waals surface area contributed by atoms with Crippen molar-refractivity contribution in [3.05, 3.63) is 77.7 Å². The summed E-state index contributed by atoms with van der Waals surface area (Å²) in [5.41, 5.74) is 1.05. The van der Waals surface area contributed by atoms with Crippen molar-refractivity contribution in [3.8, 4) is 5.75 Å². The second kappa shape index (κ2) is 9.12. The van der Waals surface area contributed by atoms with Gasteiger partial charge in [0.1, 0.15) is 24.2 Å². The van der Waals surface area contributed by atoms with Gasteiger partial charge >= 0.3 is 11.9 Å². The molecule has 130 valence electrons. The minimum atomic E-state index is -0.727. The van der Waals surface area contributed by atoms with Gasteiger partial charge in [0.25, 0.3) is 0 Å². The maximum absolute atomic E-state index is 12.3. The van der Waals surface area contributed by atoms with E-state index in [9.17, 15) is 9.59 Å². The quantitative estimate of drug-likeness (QED) is 0.437. The molecule has 25 heavy (non-hydrogen) atoms. The van der Waals surface area contributed by atoms with Gasteiger partial charge in [-0.1, -0.05) is 42.5 Å². The molecule has 0 atom stereocenters. The van der Waals surface area contributed by atoms with Gasteiger partial charge in [-0.2, -0.15) is 0 Å². The van der Waals surface area contributed by atoms with Crippen LogP contribution < -0.4 is 4.74 Å². The Labute approximate surface area is 145 Å². The lowest BCUT2D eigenvalue weighted by molar-refractivity contribution is -0.138. The van der Waals surface area contributed by atoms with E-state index in [2.05, 4.69) is 4.74 Å². The topological polar surface area (TPSA) is 71.1 Å². The SMILES string of the molecule is COC=C(Oc1ccccc1C(=O)OCc1ccccc1)C(=O)OC. The summed E-state index contributed by atoms with van der Waals surface area (Å²) in [6, 6.07) is 15.7. The highest BCUT2D eigenvalue weighted by Gasteiger charge is 2.19. The predicted octanol–water partition coefficient (Wildman–Crippen LogP) is 3.08. The van der Waals surface area contributed by atoms with E-state index in [0.29, 0.717) is 0 Å². The second-order valence-corrected chi connectivity index (χ2v) is 4.87. The van der Waals surface area contributed by atoms with Crippen LogP contribution in [0.15, 0.2) is 66.6 Å². The van der Waals surface area contributed by atoms with Crippen molar-refractivity contribution < 1.29 is 28.5 Å². The van der Waals surface area contributed by atoms with Gasteiger partial charge < -0.3 is 18.9 Å². The summed E-state index contributed by atoms with van der Waals surface area (Å²) < 4.78 is 20.2. The minimum absolute atomic E-state index is 0.131. The number of esters is 2. The molecule has 2 aromatic carbocycles. The van der Waals surface area contributed by atoms with Gasteiger partial charge in [-0.05, 0) is 17.7 Å². The molecule has 0 unspecified atom stereocenters. The molecule has 0 saturated heterocycles. The van der Waals surface area contributed by atoms with Gasteiger partial charge in [0.05, 0.1) is 14.2 Å². The van der Waals surface area contributed by atoms with Crippen LogP contribution in [0.2, 0.25) is 0 Å². The Hall–Kier alpha value is -3.28. The maximum atomic E-state index is 12.3. The summed E-state index contributed by atoms with van der Waals surface area (Å²) in [6.07, 6.45) is 1.10. The van der Waals surface area contributed by atoms with E-state index in [4.69, 9.17) is 14.2 Å². The number of benzene rings is 2. The third kappa shape index (κ3) is 5.10. The molecule has 0 aliphatic carbocycles. The van der Waals surface area contributed by atoms with Gasteiger partial charge in [0.2, 0.25) is 5.76 Å². The van der Waals surface area contributed by atoms with Crippen LogP contribution in [0.1, 0.15) is 15.9 Å². The Kier molecular flexibility index (Phi) is 6.59. The highest BCUT2D eigenvalue weighted by atomic mass is 16.6. The lowest BCUT2D eigenvalue weighted by atomic mass is 10.2. The van der Waals surface area contributed by atoms with Gasteiger partial charge in [-0.3, -0.25) is 0 Å². The van der Waals surface area contributed by atoms with Crippen LogP contribution in [-0.2, 0) is 25.6 Å². The van der Waals surface area contributed by atoms with Crippen LogP contribution in [0.25, 0.3) is 0 Å². The summed E-state index contributed by atoms with van der Waals surface area (Å²) in [5, 5.41) is 0. The monoisotopic (exact) mass is 342 g/mol. The lowest BCUT2D eigenvalue weighted by Crippen LogP contribution is -2.14. The van der Waals surface area contributed by atoms with Gasteiger partial charge in [0, 0.05) is 0 Å². The van der Waals surface area contributed by atoms with Crippen molar-refractivity contribution >= 4 is 11.9 Å². The zero-order valence-corrected chi connectivity index (χ0v) is 13.9. The third-order valence-corrected chi connectivity index (χ3v) is 3.15. The Morgan fingerprint density at radius 2 is 1.64 bits per heavy atom. The highest BCUT2D eigenvalue weighted by Crippen LogP contribution is 2.22. The van der Waals surface area contributed by atoms with E-state index >= 15 is 0 Å². The molecule has 6 heteroatoms. The number of hydrogen-bond donors (Lipinski definition) is 0. The van der Waals surface area contributed by atoms with E-state index in [-0.39, 0.29) is 23.7 Å². The molecule has 6 nitrogen and oxygen atoms in total. The van der Waals surface area contributed by atoms with Crippen molar-refractivity contribution in [1.29, 1.82) is 0 Å². The van der Waals surface area contributed by atoms with Crippen LogP contribution in [0.3, 0.4) is 0 Å². The van der Waals surface area contributed by atoms with Gasteiger partial charge in [-0.25, -0.2) is 9.59 Å². The lowest BCUT2D eigenvalue weighted by Gasteiger charge is -2.12. The molecule has 0 aromatic heterocycles. The zero-order valence-electron chi connectivity index (χ0n) is 13.9. The number of carbonyl (C=O) groups excluding carboxylic acids is 2. The van der Waals surface area contributed by atoms with E-state index in [0.717, 1.165) is 11.8 Å². The Balaban J connectivity index is 2.15.